The van der Waals surface area contributed by atoms with Gasteiger partial charge in [-0.15, -0.1) is 0 Å². The first kappa shape index (κ1) is 32.3. The van der Waals surface area contributed by atoms with E-state index in [0.29, 0.717) is 6.61 Å². The van der Waals surface area contributed by atoms with Gasteiger partial charge in [-0.05, 0) is 61.2 Å². The van der Waals surface area contributed by atoms with E-state index in [2.05, 4.69) is 108 Å². The van der Waals surface area contributed by atoms with E-state index >= 15 is 0 Å². The highest BCUT2D eigenvalue weighted by atomic mass is 28.4. The van der Waals surface area contributed by atoms with Crippen LogP contribution in [0.4, 0.5) is 4.79 Å². The van der Waals surface area contributed by atoms with Gasteiger partial charge in [-0.25, -0.2) is 4.79 Å². The van der Waals surface area contributed by atoms with E-state index < -0.39 is 33.9 Å². The lowest BCUT2D eigenvalue weighted by Gasteiger charge is -2.46. The number of ether oxygens (including phenoxy) is 1. The van der Waals surface area contributed by atoms with Crippen molar-refractivity contribution in [3.8, 4) is 0 Å². The Balaban J connectivity index is 2.55. The number of amides is 1. The van der Waals surface area contributed by atoms with Gasteiger partial charge in [0, 0.05) is 0 Å². The Hall–Kier alpha value is -1.94. The second-order valence-corrected chi connectivity index (χ2v) is 23.3. The van der Waals surface area contributed by atoms with E-state index in [1.165, 1.54) is 10.4 Å². The highest BCUT2D eigenvalue weighted by molar-refractivity contribution is 6.99. The third-order valence-corrected chi connectivity index (χ3v) is 16.8. The summed E-state index contributed by atoms with van der Waals surface area (Å²) in [6.45, 7) is 26.1. The molecular weight excluding hydrogens is 507 g/mol. The summed E-state index contributed by atoms with van der Waals surface area (Å²) in [6, 6.07) is 21.1. The van der Waals surface area contributed by atoms with Crippen LogP contribution in [0.3, 0.4) is 0 Å². The summed E-state index contributed by atoms with van der Waals surface area (Å²) in [4.78, 5) is 13.0. The van der Waals surface area contributed by atoms with Crippen molar-refractivity contribution < 1.29 is 18.4 Å². The highest BCUT2D eigenvalue weighted by Gasteiger charge is 2.51. The Morgan fingerprint density at radius 2 is 1.11 bits per heavy atom. The number of carbonyl (C=O) groups is 1. The molecule has 212 valence electrons. The van der Waals surface area contributed by atoms with Crippen molar-refractivity contribution in [2.75, 3.05) is 13.2 Å². The van der Waals surface area contributed by atoms with E-state index in [9.17, 15) is 4.79 Å². The molecule has 5 nitrogen and oxygen atoms in total. The van der Waals surface area contributed by atoms with Gasteiger partial charge in [-0.2, -0.15) is 0 Å². The van der Waals surface area contributed by atoms with Gasteiger partial charge in [0.25, 0.3) is 8.32 Å². The van der Waals surface area contributed by atoms with Crippen molar-refractivity contribution in [2.45, 2.75) is 104 Å². The van der Waals surface area contributed by atoms with Gasteiger partial charge < -0.3 is 18.9 Å². The summed E-state index contributed by atoms with van der Waals surface area (Å²) in [7, 11) is -4.89. The molecule has 0 fully saturated rings. The molecule has 0 aliphatic heterocycles. The number of benzene rings is 2. The minimum atomic E-state index is -2.80. The summed E-state index contributed by atoms with van der Waals surface area (Å²) in [5, 5.41) is 5.39. The molecule has 0 saturated heterocycles. The fraction of sp³-hybridized carbons (Fsp3) is 0.581. The van der Waals surface area contributed by atoms with Crippen LogP contribution in [0.25, 0.3) is 0 Å². The number of carbonyl (C=O) groups excluding carboxylic acids is 1. The van der Waals surface area contributed by atoms with Crippen LogP contribution in [0.5, 0.6) is 0 Å². The molecule has 2 aromatic carbocycles. The van der Waals surface area contributed by atoms with Crippen LogP contribution < -0.4 is 15.7 Å². The summed E-state index contributed by atoms with van der Waals surface area (Å²) >= 11 is 0. The Bertz CT molecular complexity index is 998. The smallest absolute Gasteiger partial charge is 0.408 e. The number of hydrogen-bond donors (Lipinski definition) is 1. The first-order valence-corrected chi connectivity index (χ1v) is 18.4. The van der Waals surface area contributed by atoms with Gasteiger partial charge in [0.15, 0.2) is 8.32 Å². The van der Waals surface area contributed by atoms with Gasteiger partial charge in [0.2, 0.25) is 0 Å². The van der Waals surface area contributed by atoms with Gasteiger partial charge in [-0.1, -0.05) is 102 Å². The van der Waals surface area contributed by atoms with Gasteiger partial charge in [0.05, 0.1) is 18.8 Å². The average Bonchev–Trinajstić information content (AvgIpc) is 2.77. The lowest BCUT2D eigenvalue weighted by molar-refractivity contribution is 0.0354. The summed E-state index contributed by atoms with van der Waals surface area (Å²) in [5.41, 5.74) is -1.41. The molecule has 1 N–H and O–H groups in total. The van der Waals surface area contributed by atoms with Gasteiger partial charge in [-0.3, -0.25) is 0 Å². The van der Waals surface area contributed by atoms with E-state index in [-0.39, 0.29) is 16.7 Å². The van der Waals surface area contributed by atoms with Crippen molar-refractivity contribution in [3.63, 3.8) is 0 Å². The second kappa shape index (κ2) is 11.7. The molecule has 0 spiro atoms. The van der Waals surface area contributed by atoms with Crippen LogP contribution in [0.15, 0.2) is 60.7 Å². The lowest BCUT2D eigenvalue weighted by atomic mass is 10.1. The Labute approximate surface area is 233 Å². The van der Waals surface area contributed by atoms with Crippen molar-refractivity contribution in [3.05, 3.63) is 60.7 Å². The van der Waals surface area contributed by atoms with Crippen LogP contribution in [-0.2, 0) is 13.6 Å². The quantitative estimate of drug-likeness (QED) is 0.342. The fourth-order valence-corrected chi connectivity index (χ4v) is 10.1. The zero-order chi connectivity index (χ0) is 29.0. The molecule has 1 amide bonds. The van der Waals surface area contributed by atoms with Crippen LogP contribution in [0.2, 0.25) is 23.2 Å². The van der Waals surface area contributed by atoms with Crippen molar-refractivity contribution in [2.24, 2.45) is 0 Å². The van der Waals surface area contributed by atoms with Crippen LogP contribution >= 0.6 is 0 Å². The standard InChI is InChI=1S/C31H51NO4Si2/c1-28(2,3)36-27(33)32-31(10,23-34-37(11,12)29(4,5)6)24-35-38(30(7,8)9,25-19-15-13-16-20-25)26-21-17-14-18-22-26/h13-22H,23-24H2,1-12H3,(H,32,33). The maximum atomic E-state index is 13.0. The fourth-order valence-electron chi connectivity index (χ4n) is 4.25. The molecule has 0 radical (unpaired) electrons. The summed E-state index contributed by atoms with van der Waals surface area (Å²) < 4.78 is 19.5. The monoisotopic (exact) mass is 557 g/mol. The molecule has 2 rings (SSSR count). The van der Waals surface area contributed by atoms with Crippen LogP contribution in [0.1, 0.15) is 69.2 Å². The average molecular weight is 558 g/mol. The molecule has 2 aromatic rings. The molecule has 38 heavy (non-hydrogen) atoms. The van der Waals surface area contributed by atoms with E-state index in [1.54, 1.807) is 0 Å². The number of nitrogens with one attached hydrogen (secondary N) is 1. The third kappa shape index (κ3) is 8.04. The van der Waals surface area contributed by atoms with Gasteiger partial charge in [0.1, 0.15) is 5.60 Å². The lowest BCUT2D eigenvalue weighted by Crippen LogP contribution is -2.69. The van der Waals surface area contributed by atoms with Crippen LogP contribution in [0, 0.1) is 0 Å². The second-order valence-electron chi connectivity index (χ2n) is 14.2. The predicted molar refractivity (Wildman–Crippen MR) is 164 cm³/mol. The molecule has 7 heteroatoms. The Morgan fingerprint density at radius 1 is 0.684 bits per heavy atom. The van der Waals surface area contributed by atoms with E-state index in [0.717, 1.165) is 0 Å². The summed E-state index contributed by atoms with van der Waals surface area (Å²) in [6.07, 6.45) is -0.468. The van der Waals surface area contributed by atoms with E-state index in [4.69, 9.17) is 13.6 Å². The largest absolute Gasteiger partial charge is 0.444 e. The maximum Gasteiger partial charge on any atom is 0.408 e. The van der Waals surface area contributed by atoms with Crippen molar-refractivity contribution in [1.29, 1.82) is 0 Å². The first-order chi connectivity index (χ1) is 17.2. The normalized spacial score (nSPS) is 15.1. The zero-order valence-electron chi connectivity index (χ0n) is 25.8. The molecule has 0 aromatic heterocycles. The highest BCUT2D eigenvalue weighted by Crippen LogP contribution is 2.39. The number of hydrogen-bond acceptors (Lipinski definition) is 4. The van der Waals surface area contributed by atoms with E-state index in [1.807, 2.05) is 39.8 Å². The Morgan fingerprint density at radius 3 is 1.47 bits per heavy atom. The van der Waals surface area contributed by atoms with Crippen LogP contribution in [-0.4, -0.2) is 47.1 Å². The first-order valence-electron chi connectivity index (χ1n) is 13.6. The zero-order valence-corrected chi connectivity index (χ0v) is 27.8. The SMILES string of the molecule is CC(CO[Si](C)(C)C(C)(C)C)(CO[Si](c1ccccc1)(c1ccccc1)C(C)(C)C)NC(=O)OC(C)(C)C. The third-order valence-electron chi connectivity index (χ3n) is 7.38. The number of alkyl carbamates (subject to hydrolysis) is 1. The van der Waals surface area contributed by atoms with Crippen molar-refractivity contribution >= 4 is 33.1 Å². The summed E-state index contributed by atoms with van der Waals surface area (Å²) in [5.74, 6) is 0. The Kier molecular flexibility index (Phi) is 9.91. The minimum absolute atomic E-state index is 0.0404. The van der Waals surface area contributed by atoms with Gasteiger partial charge >= 0.3 is 6.09 Å². The minimum Gasteiger partial charge on any atom is -0.444 e. The molecular formula is C31H51NO4Si2. The molecule has 0 bridgehead atoms. The molecule has 1 atom stereocenters. The molecule has 0 heterocycles. The topological polar surface area (TPSA) is 56.8 Å². The predicted octanol–water partition coefficient (Wildman–Crippen LogP) is 6.87. The maximum absolute atomic E-state index is 13.0. The molecule has 0 aliphatic rings. The molecule has 0 saturated carbocycles. The number of rotatable bonds is 9. The van der Waals surface area contributed by atoms with Crippen molar-refractivity contribution in [1.82, 2.24) is 5.32 Å². The molecule has 1 unspecified atom stereocenters. The molecule has 0 aliphatic carbocycles.